The van der Waals surface area contributed by atoms with Gasteiger partial charge in [-0.1, -0.05) is 111 Å². The molecule has 29 atom stereocenters. The van der Waals surface area contributed by atoms with Crippen molar-refractivity contribution in [3.63, 3.8) is 0 Å². The molecule has 24 unspecified atom stereocenters. The molecule has 6 bridgehead atoms. The fourth-order valence-electron chi connectivity index (χ4n) is 23.0. The summed E-state index contributed by atoms with van der Waals surface area (Å²) in [6.07, 6.45) is 13.8. The monoisotopic (exact) mass is 1270 g/mol. The molecule has 0 spiro atoms. The quantitative estimate of drug-likeness (QED) is 0.240. The van der Waals surface area contributed by atoms with Gasteiger partial charge in [-0.3, -0.25) is 0 Å². The van der Waals surface area contributed by atoms with Gasteiger partial charge in [-0.2, -0.15) is 0 Å². The van der Waals surface area contributed by atoms with Gasteiger partial charge in [0.25, 0.3) is 0 Å². The van der Waals surface area contributed by atoms with E-state index >= 15 is 0 Å². The highest BCUT2D eigenvalue weighted by Crippen LogP contribution is 2.62. The first-order chi connectivity index (χ1) is 42.8. The first kappa shape index (κ1) is 70.7. The molecule has 520 valence electrons. The minimum Gasteiger partial charge on any atom is -0.352 e. The predicted octanol–water partition coefficient (Wildman–Crippen LogP) is 14.7. The molecule has 4 saturated carbocycles. The molecule has 18 fully saturated rings. The van der Waals surface area contributed by atoms with Crippen molar-refractivity contribution in [1.29, 1.82) is 0 Å². The van der Waals surface area contributed by atoms with E-state index in [-0.39, 0.29) is 51.5 Å². The molecule has 14 saturated heterocycles. The molecule has 14 nitrogen and oxygen atoms in total. The third-order valence-corrected chi connectivity index (χ3v) is 27.1. The normalized spacial score (nSPS) is 48.5. The summed E-state index contributed by atoms with van der Waals surface area (Å²) in [6, 6.07) is 0. The van der Waals surface area contributed by atoms with E-state index in [2.05, 4.69) is 104 Å². The molecule has 14 aliphatic heterocycles. The molecular formula is C76H132O14. The maximum Gasteiger partial charge on any atom is 0.161 e. The Labute approximate surface area is 547 Å². The van der Waals surface area contributed by atoms with Crippen molar-refractivity contribution in [2.24, 2.45) is 171 Å². The van der Waals surface area contributed by atoms with Gasteiger partial charge in [0, 0.05) is 53.4 Å². The lowest BCUT2D eigenvalue weighted by molar-refractivity contribution is -0.171. The largest absolute Gasteiger partial charge is 0.352 e. The molecule has 18 rings (SSSR count). The minimum atomic E-state index is 0. The van der Waals surface area contributed by atoms with Crippen LogP contribution in [0.3, 0.4) is 0 Å². The van der Waals surface area contributed by atoms with E-state index < -0.39 is 0 Å². The second-order valence-electron chi connectivity index (χ2n) is 34.2. The summed E-state index contributed by atoms with van der Waals surface area (Å²) in [5.74, 6) is 21.9. The van der Waals surface area contributed by atoms with E-state index in [1.54, 1.807) is 0 Å². The van der Waals surface area contributed by atoms with Crippen LogP contribution in [0.4, 0.5) is 0 Å². The topological polar surface area (TPSA) is 129 Å². The van der Waals surface area contributed by atoms with Crippen LogP contribution >= 0.6 is 0 Å². The minimum absolute atomic E-state index is 0. The molecular weight excluding hydrogens is 1140 g/mol. The molecule has 90 heavy (non-hydrogen) atoms. The Morgan fingerprint density at radius 1 is 0.289 bits per heavy atom. The number of ether oxygens (including phenoxy) is 14. The van der Waals surface area contributed by atoms with Gasteiger partial charge in [-0.15, -0.1) is 0 Å². The third-order valence-electron chi connectivity index (χ3n) is 27.1. The Morgan fingerprint density at radius 3 is 1.23 bits per heavy atom. The first-order valence-corrected chi connectivity index (χ1v) is 37.4. The third kappa shape index (κ3) is 14.5. The Morgan fingerprint density at radius 2 is 0.700 bits per heavy atom. The van der Waals surface area contributed by atoms with Gasteiger partial charge < -0.3 is 66.3 Å². The van der Waals surface area contributed by atoms with Crippen LogP contribution in [0.15, 0.2) is 0 Å². The molecule has 0 aromatic carbocycles. The number of rotatable bonds is 7. The molecule has 0 radical (unpaired) electrons. The molecule has 14 heterocycles. The maximum atomic E-state index is 5.78. The van der Waals surface area contributed by atoms with Gasteiger partial charge in [0.1, 0.15) is 0 Å². The summed E-state index contributed by atoms with van der Waals surface area (Å²) in [5, 5.41) is 0. The number of hydrogen-bond acceptors (Lipinski definition) is 14. The fourth-order valence-corrected chi connectivity index (χ4v) is 23.0. The van der Waals surface area contributed by atoms with Gasteiger partial charge in [0.2, 0.25) is 0 Å². The van der Waals surface area contributed by atoms with Crippen LogP contribution in [0.25, 0.3) is 0 Å². The maximum absolute atomic E-state index is 5.78. The second-order valence-corrected chi connectivity index (χ2v) is 34.2. The lowest BCUT2D eigenvalue weighted by Gasteiger charge is -2.35. The zero-order valence-corrected chi connectivity index (χ0v) is 58.4. The Hall–Kier alpha value is -0.560. The second kappa shape index (κ2) is 30.7. The Kier molecular flexibility index (Phi) is 24.1. The predicted molar refractivity (Wildman–Crippen MR) is 348 cm³/mol. The van der Waals surface area contributed by atoms with Crippen LogP contribution in [-0.2, 0) is 66.3 Å². The highest BCUT2D eigenvalue weighted by Gasteiger charge is 2.63. The Bertz CT molecular complexity index is 2140. The van der Waals surface area contributed by atoms with Crippen molar-refractivity contribution in [2.45, 2.75) is 220 Å². The van der Waals surface area contributed by atoms with E-state index in [0.717, 1.165) is 235 Å². The molecule has 0 N–H and O–H groups in total. The van der Waals surface area contributed by atoms with Gasteiger partial charge in [-0.05, 0) is 188 Å². The highest BCUT2D eigenvalue weighted by atomic mass is 16.7. The summed E-state index contributed by atoms with van der Waals surface area (Å²) >= 11 is 0. The van der Waals surface area contributed by atoms with Gasteiger partial charge in [0.15, 0.2) is 44.0 Å². The van der Waals surface area contributed by atoms with Crippen LogP contribution < -0.4 is 0 Å². The standard InChI is InChI=1S/2C12H20O2.2C11H18O2.2C10H18O2.C9H16O2.CH4/c1-7(2)10-8-4-9-11(13-5-8)14-6-12(9,10)3;1-7(2)10-5-8-6-14-12-11(8)9(10)3-4-13-12;2*1-6(2)10-7-3-8-9(10)5-13-11(8)12-4-7;1-7(2)8-3-5-11-10-9(8)4-6-12-10;1-7(2)9-6-12-10-8(9)4-3-5-11-10;1-6(2)8-5-11-9-7(8)3-4-10-9;/h7-11H,4-6H2,1-3H3;7-12H,3-6H2,1-2H3;2*6-11H,3-5H2,1-2H3;2*7-10H,3-6H2,1-2H3;6-9H,3-5H2,1-2H3;1H4/t;8-,9-,10+,11+,12+;;;;;;/m.0....../s1. The lowest BCUT2D eigenvalue weighted by Crippen LogP contribution is -2.35. The van der Waals surface area contributed by atoms with Crippen molar-refractivity contribution >= 4 is 0 Å². The van der Waals surface area contributed by atoms with Crippen molar-refractivity contribution in [3.05, 3.63) is 0 Å². The van der Waals surface area contributed by atoms with E-state index in [1.807, 2.05) is 0 Å². The summed E-state index contributed by atoms with van der Waals surface area (Å²) in [5.41, 5.74) is 0.403. The SMILES string of the molecule is C.CC(C)C1C2COC3OCC1(C)C3C2.CC(C)C1C2COC3OCC1C3C2.CC(C)C1C2COC3OCC1C3C2.CC(C)C1CCOC2OCCC21.CC(C)C1COC2OCCC21.CC(C)C1COC2OCCCC21.CC(C)[C@H]1C[C@H]2CO[C@H]3OCC[C@@H]1[C@@H]23. The van der Waals surface area contributed by atoms with E-state index in [1.165, 1.54) is 64.2 Å². The average Bonchev–Trinajstić information content (AvgIpc) is 1.58. The number of fused-ring (bicyclic) bond motifs is 6. The van der Waals surface area contributed by atoms with Crippen LogP contribution in [0.1, 0.15) is 175 Å². The molecule has 0 aromatic heterocycles. The van der Waals surface area contributed by atoms with Crippen LogP contribution in [0, 0.1) is 171 Å². The van der Waals surface area contributed by atoms with Crippen molar-refractivity contribution in [3.8, 4) is 0 Å². The summed E-state index contributed by atoms with van der Waals surface area (Å²) in [4.78, 5) is 0. The Balaban J connectivity index is 0.000000108. The zero-order chi connectivity index (χ0) is 62.6. The zero-order valence-electron chi connectivity index (χ0n) is 58.4. The van der Waals surface area contributed by atoms with Crippen LogP contribution in [0.2, 0.25) is 0 Å². The molecule has 18 aliphatic rings. The van der Waals surface area contributed by atoms with Crippen LogP contribution in [-0.4, -0.2) is 137 Å². The first-order valence-electron chi connectivity index (χ1n) is 37.4. The van der Waals surface area contributed by atoms with Crippen molar-refractivity contribution < 1.29 is 66.3 Å². The molecule has 0 aromatic rings. The highest BCUT2D eigenvalue weighted by molar-refractivity contribution is 5.07. The van der Waals surface area contributed by atoms with E-state index in [0.29, 0.717) is 29.1 Å². The summed E-state index contributed by atoms with van der Waals surface area (Å²) < 4.78 is 78.9. The van der Waals surface area contributed by atoms with E-state index in [4.69, 9.17) is 66.3 Å². The average molecular weight is 1270 g/mol. The smallest absolute Gasteiger partial charge is 0.161 e. The molecule has 0 amide bonds. The number of hydrogen-bond donors (Lipinski definition) is 0. The van der Waals surface area contributed by atoms with Gasteiger partial charge in [-0.25, -0.2) is 0 Å². The summed E-state index contributed by atoms with van der Waals surface area (Å²) in [6.45, 7) is 47.9. The van der Waals surface area contributed by atoms with Gasteiger partial charge in [0.05, 0.1) is 85.9 Å². The van der Waals surface area contributed by atoms with Crippen molar-refractivity contribution in [1.82, 2.24) is 0 Å². The van der Waals surface area contributed by atoms with Gasteiger partial charge >= 0.3 is 0 Å². The summed E-state index contributed by atoms with van der Waals surface area (Å²) in [7, 11) is 0. The van der Waals surface area contributed by atoms with E-state index in [9.17, 15) is 0 Å². The lowest BCUT2D eigenvalue weighted by atomic mass is 9.70. The fraction of sp³-hybridized carbons (Fsp3) is 1.00. The van der Waals surface area contributed by atoms with Crippen molar-refractivity contribution in [2.75, 3.05) is 92.5 Å². The molecule has 14 heteroatoms. The molecule has 4 aliphatic carbocycles. The van der Waals surface area contributed by atoms with Crippen LogP contribution in [0.5, 0.6) is 0 Å².